The van der Waals surface area contributed by atoms with Crippen LogP contribution in [0.25, 0.3) is 0 Å². The highest BCUT2D eigenvalue weighted by Crippen LogP contribution is 2.28. The Kier molecular flexibility index (Phi) is 5.97. The predicted molar refractivity (Wildman–Crippen MR) is 74.8 cm³/mol. The summed E-state index contributed by atoms with van der Waals surface area (Å²) in [5, 5.41) is 8.72. The van der Waals surface area contributed by atoms with Crippen LogP contribution in [0.15, 0.2) is 23.1 Å². The van der Waals surface area contributed by atoms with Crippen LogP contribution in [-0.2, 0) is 24.3 Å². The van der Waals surface area contributed by atoms with Crippen molar-refractivity contribution in [1.82, 2.24) is 4.72 Å². The number of hydrogen-bond donors (Lipinski definition) is 2. The zero-order valence-electron chi connectivity index (χ0n) is 10.7. The third-order valence-corrected chi connectivity index (χ3v) is 4.84. The first kappa shape index (κ1) is 17.7. The van der Waals surface area contributed by atoms with Crippen molar-refractivity contribution >= 4 is 45.2 Å². The normalized spacial score (nSPS) is 12.7. The smallest absolute Gasteiger partial charge is 0.322 e. The highest BCUT2D eigenvalue weighted by molar-refractivity contribution is 7.89. The second-order valence-electron chi connectivity index (χ2n) is 3.84. The van der Waals surface area contributed by atoms with Crippen molar-refractivity contribution in [3.8, 4) is 0 Å². The first-order valence-electron chi connectivity index (χ1n) is 5.45. The Bertz CT molecular complexity index is 661. The quantitative estimate of drug-likeness (QED) is 0.744. The number of esters is 1. The summed E-state index contributed by atoms with van der Waals surface area (Å²) in [5.74, 6) is -2.40. The third kappa shape index (κ3) is 4.57. The van der Waals surface area contributed by atoms with Gasteiger partial charge in [-0.1, -0.05) is 29.3 Å². The number of nitrogens with one attached hydrogen (secondary N) is 1. The molecule has 21 heavy (non-hydrogen) atoms. The Hall–Kier alpha value is -1.35. The van der Waals surface area contributed by atoms with Gasteiger partial charge in [0.1, 0.15) is 10.9 Å². The van der Waals surface area contributed by atoms with Crippen LogP contribution in [0.1, 0.15) is 6.42 Å². The van der Waals surface area contributed by atoms with E-state index in [0.717, 1.165) is 13.2 Å². The van der Waals surface area contributed by atoms with Crippen molar-refractivity contribution in [3.05, 3.63) is 28.2 Å². The monoisotopic (exact) mass is 355 g/mol. The zero-order valence-corrected chi connectivity index (χ0v) is 13.0. The first-order chi connectivity index (χ1) is 9.69. The molecular formula is C11H11Cl2NO6S. The summed E-state index contributed by atoms with van der Waals surface area (Å²) in [5.41, 5.74) is 0. The molecule has 2 N–H and O–H groups in total. The summed E-state index contributed by atoms with van der Waals surface area (Å²) < 4.78 is 30.4. The molecule has 0 unspecified atom stereocenters. The van der Waals surface area contributed by atoms with Gasteiger partial charge in [0.2, 0.25) is 10.0 Å². The lowest BCUT2D eigenvalue weighted by atomic mass is 10.2. The van der Waals surface area contributed by atoms with Crippen LogP contribution in [0.5, 0.6) is 0 Å². The van der Waals surface area contributed by atoms with Crippen LogP contribution in [-0.4, -0.2) is 38.6 Å². The molecule has 0 bridgehead atoms. The van der Waals surface area contributed by atoms with E-state index in [1.807, 2.05) is 4.72 Å². The molecule has 0 amide bonds. The van der Waals surface area contributed by atoms with Gasteiger partial charge in [0.15, 0.2) is 0 Å². The molecule has 1 atom stereocenters. The van der Waals surface area contributed by atoms with Crippen LogP contribution < -0.4 is 4.72 Å². The van der Waals surface area contributed by atoms with E-state index in [0.29, 0.717) is 0 Å². The van der Waals surface area contributed by atoms with Gasteiger partial charge in [0.25, 0.3) is 0 Å². The molecule has 0 saturated heterocycles. The van der Waals surface area contributed by atoms with Crippen LogP contribution in [0.3, 0.4) is 0 Å². The minimum atomic E-state index is -4.27. The number of carbonyl (C=O) groups is 2. The van der Waals surface area contributed by atoms with Gasteiger partial charge >= 0.3 is 11.9 Å². The molecule has 10 heteroatoms. The third-order valence-electron chi connectivity index (χ3n) is 2.40. The second-order valence-corrected chi connectivity index (χ2v) is 6.31. The maximum Gasteiger partial charge on any atom is 0.322 e. The lowest BCUT2D eigenvalue weighted by Gasteiger charge is -2.14. The molecular weight excluding hydrogens is 345 g/mol. The van der Waals surface area contributed by atoms with Gasteiger partial charge in [-0.05, 0) is 12.1 Å². The lowest BCUT2D eigenvalue weighted by molar-refractivity contribution is -0.147. The molecule has 1 rings (SSSR count). The maximum absolute atomic E-state index is 12.1. The van der Waals surface area contributed by atoms with Crippen LogP contribution in [0.4, 0.5) is 0 Å². The van der Waals surface area contributed by atoms with Gasteiger partial charge in [0, 0.05) is 0 Å². The van der Waals surface area contributed by atoms with E-state index in [1.54, 1.807) is 0 Å². The van der Waals surface area contributed by atoms with Gasteiger partial charge in [-0.2, -0.15) is 4.72 Å². The number of aliphatic carboxylic acids is 1. The van der Waals surface area contributed by atoms with Crippen molar-refractivity contribution in [1.29, 1.82) is 0 Å². The number of carbonyl (C=O) groups excluding carboxylic acids is 1. The van der Waals surface area contributed by atoms with E-state index in [4.69, 9.17) is 28.3 Å². The van der Waals surface area contributed by atoms with Crippen molar-refractivity contribution in [2.45, 2.75) is 17.4 Å². The molecule has 0 saturated carbocycles. The van der Waals surface area contributed by atoms with Crippen molar-refractivity contribution in [2.75, 3.05) is 7.11 Å². The second kappa shape index (κ2) is 7.08. The molecule has 0 heterocycles. The number of carboxylic acids is 1. The van der Waals surface area contributed by atoms with Gasteiger partial charge in [-0.25, -0.2) is 8.42 Å². The van der Waals surface area contributed by atoms with Crippen molar-refractivity contribution < 1.29 is 27.9 Å². The van der Waals surface area contributed by atoms with E-state index in [-0.39, 0.29) is 14.9 Å². The van der Waals surface area contributed by atoms with Crippen LogP contribution in [0, 0.1) is 0 Å². The molecule has 7 nitrogen and oxygen atoms in total. The summed E-state index contributed by atoms with van der Waals surface area (Å²) in [7, 11) is -3.21. The Balaban J connectivity index is 3.09. The maximum atomic E-state index is 12.1. The predicted octanol–water partition coefficient (Wildman–Crippen LogP) is 1.29. The van der Waals surface area contributed by atoms with Crippen molar-refractivity contribution in [2.24, 2.45) is 0 Å². The molecule has 0 fully saturated rings. The molecule has 0 aliphatic rings. The zero-order chi connectivity index (χ0) is 16.2. The fraction of sp³-hybridized carbons (Fsp3) is 0.273. The molecule has 0 aliphatic carbocycles. The summed E-state index contributed by atoms with van der Waals surface area (Å²) in [6, 6.07) is 2.20. The van der Waals surface area contributed by atoms with Crippen LogP contribution >= 0.6 is 23.2 Å². The number of carboxylic acid groups (broad SMARTS) is 1. The number of methoxy groups -OCH3 is 1. The number of halogens is 2. The van der Waals surface area contributed by atoms with Gasteiger partial charge in [0.05, 0.1) is 23.6 Å². The number of hydrogen-bond acceptors (Lipinski definition) is 5. The van der Waals surface area contributed by atoms with Gasteiger partial charge < -0.3 is 9.84 Å². The fourth-order valence-electron chi connectivity index (χ4n) is 1.37. The molecule has 0 aliphatic heterocycles. The van der Waals surface area contributed by atoms with Gasteiger partial charge in [-0.15, -0.1) is 0 Å². The topological polar surface area (TPSA) is 110 Å². The Morgan fingerprint density at radius 1 is 1.38 bits per heavy atom. The molecule has 1 aromatic carbocycles. The largest absolute Gasteiger partial charge is 0.480 e. The Labute approximate surface area is 130 Å². The number of ether oxygens (including phenoxy) is 1. The number of sulfonamides is 1. The standard InChI is InChI=1S/C11H11Cl2NO6S/c1-20-9(15)5-7(11(16)17)14-21(18,19)8-4-2-3-6(12)10(8)13/h2-4,7,14H,5H2,1H3,(H,16,17)/t7-/m0/s1. The fourth-order valence-corrected chi connectivity index (χ4v) is 3.32. The Morgan fingerprint density at radius 3 is 2.52 bits per heavy atom. The highest BCUT2D eigenvalue weighted by atomic mass is 35.5. The van der Waals surface area contributed by atoms with E-state index in [9.17, 15) is 18.0 Å². The van der Waals surface area contributed by atoms with E-state index < -0.39 is 34.4 Å². The van der Waals surface area contributed by atoms with E-state index in [2.05, 4.69) is 4.74 Å². The molecule has 116 valence electrons. The molecule has 0 radical (unpaired) electrons. The van der Waals surface area contributed by atoms with E-state index in [1.165, 1.54) is 12.1 Å². The lowest BCUT2D eigenvalue weighted by Crippen LogP contribution is -2.42. The van der Waals surface area contributed by atoms with Crippen molar-refractivity contribution in [3.63, 3.8) is 0 Å². The molecule has 0 spiro atoms. The minimum absolute atomic E-state index is 0.000570. The van der Waals surface area contributed by atoms with E-state index >= 15 is 0 Å². The Morgan fingerprint density at radius 2 is 2.00 bits per heavy atom. The summed E-state index contributed by atoms with van der Waals surface area (Å²) >= 11 is 11.5. The van der Waals surface area contributed by atoms with Crippen LogP contribution in [0.2, 0.25) is 10.0 Å². The first-order valence-corrected chi connectivity index (χ1v) is 7.69. The minimum Gasteiger partial charge on any atom is -0.480 e. The summed E-state index contributed by atoms with van der Waals surface area (Å²) in [4.78, 5) is 21.7. The SMILES string of the molecule is COC(=O)C[C@H](NS(=O)(=O)c1cccc(Cl)c1Cl)C(=O)O. The number of rotatable bonds is 6. The summed E-state index contributed by atoms with van der Waals surface area (Å²) in [6.07, 6.45) is -0.663. The molecule has 0 aromatic heterocycles. The highest BCUT2D eigenvalue weighted by Gasteiger charge is 2.29. The average Bonchev–Trinajstić information content (AvgIpc) is 2.40. The summed E-state index contributed by atoms with van der Waals surface area (Å²) in [6.45, 7) is 0. The molecule has 1 aromatic rings. The van der Waals surface area contributed by atoms with Gasteiger partial charge in [-0.3, -0.25) is 9.59 Å². The number of benzene rings is 1. The average molecular weight is 356 g/mol.